The molecule has 32 heavy (non-hydrogen) atoms. The molecule has 0 saturated carbocycles. The first-order valence-electron chi connectivity index (χ1n) is 11.0. The van der Waals surface area contributed by atoms with E-state index in [0.29, 0.717) is 0 Å². The summed E-state index contributed by atoms with van der Waals surface area (Å²) in [5, 5.41) is 13.1. The van der Waals surface area contributed by atoms with Gasteiger partial charge >= 0.3 is 0 Å². The first-order chi connectivity index (χ1) is 15.7. The van der Waals surface area contributed by atoms with E-state index in [-0.39, 0.29) is 29.5 Å². The van der Waals surface area contributed by atoms with Crippen molar-refractivity contribution in [2.75, 3.05) is 0 Å². The van der Waals surface area contributed by atoms with Crippen LogP contribution in [0.5, 0.6) is 5.75 Å². The van der Waals surface area contributed by atoms with Crippen molar-refractivity contribution >= 4 is 5.91 Å². The van der Waals surface area contributed by atoms with E-state index in [9.17, 15) is 9.90 Å². The predicted molar refractivity (Wildman–Crippen MR) is 127 cm³/mol. The van der Waals surface area contributed by atoms with Crippen LogP contribution in [0.3, 0.4) is 0 Å². The summed E-state index contributed by atoms with van der Waals surface area (Å²) in [6, 6.07) is 35.4. The largest absolute Gasteiger partial charge is 0.508 e. The van der Waals surface area contributed by atoms with E-state index in [1.165, 1.54) is 11.1 Å². The first-order valence-corrected chi connectivity index (χ1v) is 11.0. The Kier molecular flexibility index (Phi) is 5.47. The fourth-order valence-electron chi connectivity index (χ4n) is 4.83. The molecule has 2 N–H and O–H groups in total. The van der Waals surface area contributed by atoms with Crippen molar-refractivity contribution in [2.24, 2.45) is 0 Å². The SMILES string of the molecule is O=C(N[C@H]1c2ccccc2C[C@@H]1c1ccc(O)cc1)C(c1ccccc1)c1ccccc1. The molecule has 0 aromatic heterocycles. The van der Waals surface area contributed by atoms with Crippen molar-refractivity contribution in [1.82, 2.24) is 5.32 Å². The quantitative estimate of drug-likeness (QED) is 0.435. The summed E-state index contributed by atoms with van der Waals surface area (Å²) in [6.07, 6.45) is 0.854. The number of phenolic OH excluding ortho intramolecular Hbond substituents is 1. The van der Waals surface area contributed by atoms with E-state index in [0.717, 1.165) is 23.1 Å². The van der Waals surface area contributed by atoms with E-state index in [1.54, 1.807) is 12.1 Å². The van der Waals surface area contributed by atoms with E-state index in [4.69, 9.17) is 0 Å². The fraction of sp³-hybridized carbons (Fsp3) is 0.138. The molecule has 0 aliphatic heterocycles. The number of fused-ring (bicyclic) bond motifs is 1. The summed E-state index contributed by atoms with van der Waals surface area (Å²) in [5.74, 6) is -0.0271. The van der Waals surface area contributed by atoms with Gasteiger partial charge in [-0.1, -0.05) is 97.1 Å². The number of benzene rings is 4. The molecule has 3 heteroatoms. The maximum absolute atomic E-state index is 13.8. The van der Waals surface area contributed by atoms with Gasteiger partial charge in [0, 0.05) is 5.92 Å². The van der Waals surface area contributed by atoms with Gasteiger partial charge in [0.1, 0.15) is 5.75 Å². The van der Waals surface area contributed by atoms with E-state index in [1.807, 2.05) is 84.9 Å². The average molecular weight is 420 g/mol. The van der Waals surface area contributed by atoms with Crippen molar-refractivity contribution in [1.29, 1.82) is 0 Å². The van der Waals surface area contributed by atoms with E-state index >= 15 is 0 Å². The lowest BCUT2D eigenvalue weighted by Gasteiger charge is -2.26. The Bertz CT molecular complexity index is 1160. The molecular formula is C29H25NO2. The van der Waals surface area contributed by atoms with Crippen LogP contribution in [0, 0.1) is 0 Å². The Balaban J connectivity index is 1.51. The van der Waals surface area contributed by atoms with Gasteiger partial charge in [0.05, 0.1) is 12.0 Å². The highest BCUT2D eigenvalue weighted by Crippen LogP contribution is 2.43. The number of rotatable bonds is 5. The summed E-state index contributed by atoms with van der Waals surface area (Å²) in [7, 11) is 0. The van der Waals surface area contributed by atoms with Crippen molar-refractivity contribution in [3.05, 3.63) is 137 Å². The van der Waals surface area contributed by atoms with Crippen LogP contribution in [0.25, 0.3) is 0 Å². The van der Waals surface area contributed by atoms with Gasteiger partial charge in [0.15, 0.2) is 0 Å². The number of nitrogens with one attached hydrogen (secondary N) is 1. The van der Waals surface area contributed by atoms with Gasteiger partial charge in [-0.25, -0.2) is 0 Å². The number of hydrogen-bond donors (Lipinski definition) is 2. The lowest BCUT2D eigenvalue weighted by Crippen LogP contribution is -2.35. The van der Waals surface area contributed by atoms with Crippen LogP contribution in [0.4, 0.5) is 0 Å². The molecule has 2 atom stereocenters. The molecule has 4 aromatic rings. The molecule has 0 unspecified atom stereocenters. The zero-order valence-corrected chi connectivity index (χ0v) is 17.7. The van der Waals surface area contributed by atoms with Crippen LogP contribution < -0.4 is 5.32 Å². The lowest BCUT2D eigenvalue weighted by atomic mass is 9.88. The smallest absolute Gasteiger partial charge is 0.232 e. The van der Waals surface area contributed by atoms with Crippen LogP contribution in [0.2, 0.25) is 0 Å². The minimum absolute atomic E-state index is 0.00659. The third-order valence-corrected chi connectivity index (χ3v) is 6.38. The molecule has 0 radical (unpaired) electrons. The molecule has 0 heterocycles. The highest BCUT2D eigenvalue weighted by Gasteiger charge is 2.36. The van der Waals surface area contributed by atoms with Crippen molar-refractivity contribution < 1.29 is 9.90 Å². The first kappa shape index (κ1) is 20.1. The van der Waals surface area contributed by atoms with Gasteiger partial charge in [-0.3, -0.25) is 4.79 Å². The molecule has 4 aromatic carbocycles. The van der Waals surface area contributed by atoms with Gasteiger partial charge in [-0.05, 0) is 46.4 Å². The Morgan fingerprint density at radius 3 is 1.94 bits per heavy atom. The molecule has 0 spiro atoms. The second kappa shape index (κ2) is 8.72. The van der Waals surface area contributed by atoms with Gasteiger partial charge in [-0.2, -0.15) is 0 Å². The Labute approximate surface area is 188 Å². The van der Waals surface area contributed by atoms with Crippen molar-refractivity contribution in [3.8, 4) is 5.75 Å². The second-order valence-electron chi connectivity index (χ2n) is 8.34. The van der Waals surface area contributed by atoms with Gasteiger partial charge in [-0.15, -0.1) is 0 Å². The zero-order chi connectivity index (χ0) is 21.9. The molecule has 3 nitrogen and oxygen atoms in total. The van der Waals surface area contributed by atoms with E-state index in [2.05, 4.69) is 17.4 Å². The maximum Gasteiger partial charge on any atom is 0.232 e. The van der Waals surface area contributed by atoms with Crippen LogP contribution >= 0.6 is 0 Å². The molecule has 0 bridgehead atoms. The average Bonchev–Trinajstić information content (AvgIpc) is 3.19. The Morgan fingerprint density at radius 1 is 0.750 bits per heavy atom. The van der Waals surface area contributed by atoms with E-state index < -0.39 is 0 Å². The van der Waals surface area contributed by atoms with Crippen LogP contribution in [0.1, 0.15) is 45.7 Å². The number of aromatic hydroxyl groups is 1. The van der Waals surface area contributed by atoms with Crippen LogP contribution in [-0.2, 0) is 11.2 Å². The Hall–Kier alpha value is -3.85. The molecule has 0 fully saturated rings. The molecule has 1 aliphatic rings. The summed E-state index contributed by atoms with van der Waals surface area (Å²) in [5.41, 5.74) is 5.48. The summed E-state index contributed by atoms with van der Waals surface area (Å²) >= 11 is 0. The lowest BCUT2D eigenvalue weighted by molar-refractivity contribution is -0.122. The van der Waals surface area contributed by atoms with Crippen molar-refractivity contribution in [2.45, 2.75) is 24.3 Å². The van der Waals surface area contributed by atoms with Crippen LogP contribution in [0.15, 0.2) is 109 Å². The predicted octanol–water partition coefficient (Wildman–Crippen LogP) is 5.72. The Morgan fingerprint density at radius 2 is 1.31 bits per heavy atom. The van der Waals surface area contributed by atoms with Crippen LogP contribution in [-0.4, -0.2) is 11.0 Å². The summed E-state index contributed by atoms with van der Waals surface area (Å²) < 4.78 is 0. The number of carbonyl (C=O) groups is 1. The topological polar surface area (TPSA) is 49.3 Å². The molecule has 5 rings (SSSR count). The molecular weight excluding hydrogens is 394 g/mol. The van der Waals surface area contributed by atoms with Gasteiger partial charge in [0.2, 0.25) is 5.91 Å². The number of carbonyl (C=O) groups excluding carboxylic acids is 1. The minimum Gasteiger partial charge on any atom is -0.508 e. The standard InChI is InChI=1S/C29H25NO2/c31-24-17-15-20(16-18-24)26-19-23-13-7-8-14-25(23)28(26)30-29(32)27(21-9-3-1-4-10-21)22-11-5-2-6-12-22/h1-18,26-28,31H,19H2,(H,30,32)/t26-,28+/m1/s1. The highest BCUT2D eigenvalue weighted by molar-refractivity contribution is 5.87. The number of phenols is 1. The molecule has 0 saturated heterocycles. The normalized spacial score (nSPS) is 17.2. The zero-order valence-electron chi connectivity index (χ0n) is 17.7. The highest BCUT2D eigenvalue weighted by atomic mass is 16.3. The molecule has 1 aliphatic carbocycles. The third-order valence-electron chi connectivity index (χ3n) is 6.38. The minimum atomic E-state index is -0.384. The third kappa shape index (κ3) is 3.90. The summed E-state index contributed by atoms with van der Waals surface area (Å²) in [6.45, 7) is 0. The summed E-state index contributed by atoms with van der Waals surface area (Å²) in [4.78, 5) is 13.8. The van der Waals surface area contributed by atoms with Crippen molar-refractivity contribution in [3.63, 3.8) is 0 Å². The second-order valence-corrected chi connectivity index (χ2v) is 8.34. The molecule has 1 amide bonds. The van der Waals surface area contributed by atoms with Gasteiger partial charge < -0.3 is 10.4 Å². The van der Waals surface area contributed by atoms with Gasteiger partial charge in [0.25, 0.3) is 0 Å². The number of amides is 1. The fourth-order valence-corrected chi connectivity index (χ4v) is 4.83. The molecule has 158 valence electrons. The maximum atomic E-state index is 13.8. The number of hydrogen-bond acceptors (Lipinski definition) is 2. The monoisotopic (exact) mass is 419 g/mol.